The molecule has 0 spiro atoms. The van der Waals surface area contributed by atoms with Gasteiger partial charge in [-0.15, -0.1) is 0 Å². The number of nitrogens with zero attached hydrogens (tertiary/aromatic N) is 3. The fourth-order valence-electron chi connectivity index (χ4n) is 3.55. The molecule has 2 atom stereocenters. The molecule has 0 saturated carbocycles. The Morgan fingerprint density at radius 3 is 2.88 bits per heavy atom. The molecule has 128 valence electrons. The Balaban J connectivity index is 1.96. The summed E-state index contributed by atoms with van der Waals surface area (Å²) >= 11 is 0. The van der Waals surface area contributed by atoms with Crippen molar-refractivity contribution in [1.29, 1.82) is 0 Å². The summed E-state index contributed by atoms with van der Waals surface area (Å²) in [7, 11) is 1.68. The molecular weight excluding hydrogens is 302 g/mol. The van der Waals surface area contributed by atoms with Crippen LogP contribution in [0.2, 0.25) is 0 Å². The van der Waals surface area contributed by atoms with Crippen LogP contribution in [-0.2, 0) is 11.3 Å². The highest BCUT2D eigenvalue weighted by Gasteiger charge is 2.35. The predicted molar refractivity (Wildman–Crippen MR) is 93.9 cm³/mol. The minimum Gasteiger partial charge on any atom is -0.358 e. The number of benzene rings is 1. The van der Waals surface area contributed by atoms with Crippen LogP contribution < -0.4 is 11.1 Å². The van der Waals surface area contributed by atoms with E-state index in [1.54, 1.807) is 13.2 Å². The highest BCUT2D eigenvalue weighted by molar-refractivity contribution is 5.81. The number of carbonyl (C=O) groups excluding carboxylic acids is 1. The van der Waals surface area contributed by atoms with E-state index in [-0.39, 0.29) is 18.0 Å². The van der Waals surface area contributed by atoms with Crippen LogP contribution in [0.1, 0.15) is 23.1 Å². The van der Waals surface area contributed by atoms with Crippen LogP contribution >= 0.6 is 0 Å². The second-order valence-corrected chi connectivity index (χ2v) is 6.59. The van der Waals surface area contributed by atoms with E-state index in [0.717, 1.165) is 12.2 Å². The first kappa shape index (κ1) is 16.7. The molecule has 1 amide bonds. The van der Waals surface area contributed by atoms with Crippen LogP contribution in [0.25, 0.3) is 5.69 Å². The van der Waals surface area contributed by atoms with Gasteiger partial charge in [-0.2, -0.15) is 5.10 Å². The molecule has 2 heterocycles. The van der Waals surface area contributed by atoms with Crippen molar-refractivity contribution >= 4 is 5.91 Å². The van der Waals surface area contributed by atoms with Crippen LogP contribution in [-0.4, -0.2) is 46.3 Å². The highest BCUT2D eigenvalue weighted by atomic mass is 16.2. The Morgan fingerprint density at radius 2 is 2.21 bits per heavy atom. The monoisotopic (exact) mass is 327 g/mol. The lowest BCUT2D eigenvalue weighted by atomic mass is 10.0. The summed E-state index contributed by atoms with van der Waals surface area (Å²) in [5, 5.41) is 7.14. The summed E-state index contributed by atoms with van der Waals surface area (Å²) < 4.78 is 1.89. The van der Waals surface area contributed by atoms with Crippen molar-refractivity contribution < 1.29 is 4.79 Å². The standard InChI is InChI=1S/C18H25N5O/c1-12-7-13(2)15(16(8-12)23-6-4-5-21-23)11-22-10-14(19)9-17(22)18(24)20-3/h4-8,14,17H,9-11,19H2,1-3H3,(H,20,24)/t14-,17-/m0/s1. The minimum atomic E-state index is -0.170. The summed E-state index contributed by atoms with van der Waals surface area (Å²) in [4.78, 5) is 14.4. The first-order valence-electron chi connectivity index (χ1n) is 8.31. The lowest BCUT2D eigenvalue weighted by molar-refractivity contribution is -0.125. The molecular formula is C18H25N5O. The third kappa shape index (κ3) is 3.20. The maximum Gasteiger partial charge on any atom is 0.237 e. The van der Waals surface area contributed by atoms with E-state index in [2.05, 4.69) is 41.3 Å². The van der Waals surface area contributed by atoms with E-state index in [0.29, 0.717) is 13.0 Å². The Bertz CT molecular complexity index is 725. The summed E-state index contributed by atoms with van der Waals surface area (Å²) in [6.07, 6.45) is 4.42. The van der Waals surface area contributed by atoms with Crippen molar-refractivity contribution in [3.8, 4) is 5.69 Å². The van der Waals surface area contributed by atoms with Gasteiger partial charge in [-0.05, 0) is 49.1 Å². The maximum atomic E-state index is 12.2. The second kappa shape index (κ2) is 6.75. The molecule has 1 saturated heterocycles. The number of aromatic nitrogens is 2. The molecule has 1 aromatic heterocycles. The van der Waals surface area contributed by atoms with Gasteiger partial charge in [-0.25, -0.2) is 4.68 Å². The van der Waals surface area contributed by atoms with E-state index in [1.165, 1.54) is 16.7 Å². The van der Waals surface area contributed by atoms with Crippen LogP contribution in [0.3, 0.4) is 0 Å². The van der Waals surface area contributed by atoms with E-state index in [9.17, 15) is 4.79 Å². The molecule has 3 rings (SSSR count). The number of nitrogens with one attached hydrogen (secondary N) is 1. The normalized spacial score (nSPS) is 21.2. The number of nitrogens with two attached hydrogens (primary N) is 1. The van der Waals surface area contributed by atoms with Crippen LogP contribution in [0.5, 0.6) is 0 Å². The van der Waals surface area contributed by atoms with E-state index >= 15 is 0 Å². The van der Waals surface area contributed by atoms with Crippen molar-refractivity contribution in [3.05, 3.63) is 47.3 Å². The van der Waals surface area contributed by atoms with Crippen molar-refractivity contribution in [1.82, 2.24) is 20.0 Å². The summed E-state index contributed by atoms with van der Waals surface area (Å²) in [6.45, 7) is 5.61. The zero-order chi connectivity index (χ0) is 17.3. The molecule has 1 aliphatic rings. The van der Waals surface area contributed by atoms with Gasteiger partial charge >= 0.3 is 0 Å². The first-order valence-corrected chi connectivity index (χ1v) is 8.31. The smallest absolute Gasteiger partial charge is 0.237 e. The number of hydrogen-bond donors (Lipinski definition) is 2. The SMILES string of the molecule is CNC(=O)[C@@H]1C[C@H](N)CN1Cc1c(C)cc(C)cc1-n1cccn1. The molecule has 0 radical (unpaired) electrons. The molecule has 24 heavy (non-hydrogen) atoms. The van der Waals surface area contributed by atoms with Gasteiger partial charge in [0.2, 0.25) is 5.91 Å². The van der Waals surface area contributed by atoms with Crippen molar-refractivity contribution in [2.75, 3.05) is 13.6 Å². The number of amides is 1. The Kier molecular flexibility index (Phi) is 4.69. The second-order valence-electron chi connectivity index (χ2n) is 6.59. The molecule has 1 aliphatic heterocycles. The fourth-order valence-corrected chi connectivity index (χ4v) is 3.55. The highest BCUT2D eigenvalue weighted by Crippen LogP contribution is 2.26. The average molecular weight is 327 g/mol. The zero-order valence-corrected chi connectivity index (χ0v) is 14.5. The van der Waals surface area contributed by atoms with Gasteiger partial charge < -0.3 is 11.1 Å². The van der Waals surface area contributed by atoms with E-state index < -0.39 is 0 Å². The van der Waals surface area contributed by atoms with Gasteiger partial charge in [0.1, 0.15) is 0 Å². The predicted octanol–water partition coefficient (Wildman–Crippen LogP) is 1.14. The fraction of sp³-hybridized carbons (Fsp3) is 0.444. The number of rotatable bonds is 4. The molecule has 2 aromatic rings. The van der Waals surface area contributed by atoms with Crippen molar-refractivity contribution in [2.45, 2.75) is 38.9 Å². The number of hydrogen-bond acceptors (Lipinski definition) is 4. The molecule has 3 N–H and O–H groups in total. The van der Waals surface area contributed by atoms with Gasteiger partial charge in [0.05, 0.1) is 11.7 Å². The number of likely N-dealkylation sites (N-methyl/N-ethyl adjacent to an activating group) is 1. The largest absolute Gasteiger partial charge is 0.358 e. The quantitative estimate of drug-likeness (QED) is 0.883. The Morgan fingerprint density at radius 1 is 1.42 bits per heavy atom. The summed E-state index contributed by atoms with van der Waals surface area (Å²) in [5.41, 5.74) is 10.8. The number of aryl methyl sites for hydroxylation is 2. The molecule has 1 aromatic carbocycles. The first-order chi connectivity index (χ1) is 11.5. The topological polar surface area (TPSA) is 76.2 Å². The molecule has 0 aliphatic carbocycles. The minimum absolute atomic E-state index is 0.0335. The summed E-state index contributed by atoms with van der Waals surface area (Å²) in [6, 6.07) is 6.09. The lowest BCUT2D eigenvalue weighted by Gasteiger charge is -2.25. The third-order valence-corrected chi connectivity index (χ3v) is 4.69. The van der Waals surface area contributed by atoms with Crippen LogP contribution in [0, 0.1) is 13.8 Å². The zero-order valence-electron chi connectivity index (χ0n) is 14.5. The molecule has 6 heteroatoms. The van der Waals surface area contributed by atoms with Gasteiger partial charge in [0.25, 0.3) is 0 Å². The summed E-state index contributed by atoms with van der Waals surface area (Å²) in [5.74, 6) is 0.0355. The third-order valence-electron chi connectivity index (χ3n) is 4.69. The van der Waals surface area contributed by atoms with Crippen molar-refractivity contribution in [2.24, 2.45) is 5.73 Å². The molecule has 0 bridgehead atoms. The van der Waals surface area contributed by atoms with Gasteiger partial charge in [-0.1, -0.05) is 6.07 Å². The lowest BCUT2D eigenvalue weighted by Crippen LogP contribution is -2.41. The number of likely N-dealkylation sites (tertiary alicyclic amines) is 1. The van der Waals surface area contributed by atoms with Gasteiger partial charge in [-0.3, -0.25) is 9.69 Å². The van der Waals surface area contributed by atoms with E-state index in [4.69, 9.17) is 5.73 Å². The van der Waals surface area contributed by atoms with Crippen molar-refractivity contribution in [3.63, 3.8) is 0 Å². The molecule has 6 nitrogen and oxygen atoms in total. The van der Waals surface area contributed by atoms with E-state index in [1.807, 2.05) is 16.9 Å². The van der Waals surface area contributed by atoms with Crippen LogP contribution in [0.15, 0.2) is 30.6 Å². The average Bonchev–Trinajstić information content (AvgIpc) is 3.18. The molecule has 1 fully saturated rings. The van der Waals surface area contributed by atoms with Gasteiger partial charge in [0, 0.05) is 38.6 Å². The Hall–Kier alpha value is -2.18. The molecule has 0 unspecified atom stereocenters. The number of carbonyl (C=O) groups is 1. The van der Waals surface area contributed by atoms with Crippen LogP contribution in [0.4, 0.5) is 0 Å². The van der Waals surface area contributed by atoms with Gasteiger partial charge in [0.15, 0.2) is 0 Å². The Labute approximate surface area is 142 Å². The maximum absolute atomic E-state index is 12.2.